The average Bonchev–Trinajstić information content (AvgIpc) is 3.07. The number of methoxy groups -OCH3 is 1. The summed E-state index contributed by atoms with van der Waals surface area (Å²) in [4.78, 5) is 22.3. The first-order chi connectivity index (χ1) is 8.54. The molecule has 0 spiro atoms. The molecule has 0 aromatic carbocycles. The lowest BCUT2D eigenvalue weighted by molar-refractivity contribution is -0.146. The molecule has 0 bridgehead atoms. The predicted octanol–water partition coefficient (Wildman–Crippen LogP) is 0.567. The maximum Gasteiger partial charge on any atom is 0.331 e. The molecule has 0 amide bonds. The summed E-state index contributed by atoms with van der Waals surface area (Å²) in [6, 6.07) is 0. The molecule has 5 nitrogen and oxygen atoms in total. The van der Waals surface area contributed by atoms with Crippen molar-refractivity contribution in [1.29, 1.82) is 0 Å². The summed E-state index contributed by atoms with van der Waals surface area (Å²) in [5.74, 6) is 4.53. The van der Waals surface area contributed by atoms with E-state index in [9.17, 15) is 9.59 Å². The molecule has 1 aliphatic rings. The fourth-order valence-corrected chi connectivity index (χ4v) is 1.49. The van der Waals surface area contributed by atoms with Gasteiger partial charge in [0.15, 0.2) is 0 Å². The highest BCUT2D eigenvalue weighted by Crippen LogP contribution is 2.45. The molecular weight excluding hydrogens is 236 g/mol. The van der Waals surface area contributed by atoms with E-state index in [1.807, 2.05) is 0 Å². The van der Waals surface area contributed by atoms with Crippen molar-refractivity contribution >= 4 is 11.9 Å². The lowest BCUT2D eigenvalue weighted by Crippen LogP contribution is -2.21. The van der Waals surface area contributed by atoms with Crippen LogP contribution in [0.25, 0.3) is 0 Å². The summed E-state index contributed by atoms with van der Waals surface area (Å²) in [6.07, 6.45) is 2.82. The Morgan fingerprint density at radius 2 is 2.11 bits per heavy atom. The largest absolute Gasteiger partial charge is 0.466 e. The molecular formula is C13H16O5. The van der Waals surface area contributed by atoms with Crippen LogP contribution in [-0.4, -0.2) is 36.4 Å². The third-order valence-corrected chi connectivity index (χ3v) is 2.46. The van der Waals surface area contributed by atoms with Gasteiger partial charge in [0.2, 0.25) is 0 Å². The van der Waals surface area contributed by atoms with Crippen LogP contribution in [0.15, 0.2) is 11.6 Å². The molecule has 1 saturated carbocycles. The third kappa shape index (κ3) is 3.90. The van der Waals surface area contributed by atoms with Crippen molar-refractivity contribution in [3.05, 3.63) is 11.6 Å². The van der Waals surface area contributed by atoms with Crippen molar-refractivity contribution < 1.29 is 24.2 Å². The molecule has 18 heavy (non-hydrogen) atoms. The summed E-state index contributed by atoms with van der Waals surface area (Å²) in [7, 11) is 1.27. The van der Waals surface area contributed by atoms with Crippen molar-refractivity contribution in [2.45, 2.75) is 31.8 Å². The molecule has 1 N–H and O–H groups in total. The SMILES string of the molecule is COC(=O)/C=C(\C#CCCO)C1(OC(C)=O)CC1. The Labute approximate surface area is 106 Å². The van der Waals surface area contributed by atoms with E-state index in [0.29, 0.717) is 24.8 Å². The van der Waals surface area contributed by atoms with Crippen LogP contribution in [0.5, 0.6) is 0 Å². The van der Waals surface area contributed by atoms with Crippen molar-refractivity contribution in [2.75, 3.05) is 13.7 Å². The number of aliphatic hydroxyl groups is 1. The second kappa shape index (κ2) is 6.22. The highest BCUT2D eigenvalue weighted by atomic mass is 16.6. The zero-order chi connectivity index (χ0) is 13.6. The maximum atomic E-state index is 11.3. The first-order valence-electron chi connectivity index (χ1n) is 5.63. The summed E-state index contributed by atoms with van der Waals surface area (Å²) < 4.78 is 9.75. The number of esters is 2. The topological polar surface area (TPSA) is 72.8 Å². The Hall–Kier alpha value is -1.80. The monoisotopic (exact) mass is 252 g/mol. The number of carbonyl (C=O) groups is 2. The Kier molecular flexibility index (Phi) is 4.93. The lowest BCUT2D eigenvalue weighted by atomic mass is 10.1. The molecule has 0 aromatic heterocycles. The van der Waals surface area contributed by atoms with Crippen molar-refractivity contribution in [2.24, 2.45) is 0 Å². The molecule has 1 fully saturated rings. The fourth-order valence-electron chi connectivity index (χ4n) is 1.49. The summed E-state index contributed by atoms with van der Waals surface area (Å²) in [6.45, 7) is 1.26. The van der Waals surface area contributed by atoms with Crippen LogP contribution in [0.1, 0.15) is 26.2 Å². The van der Waals surface area contributed by atoms with Crippen LogP contribution < -0.4 is 0 Å². The van der Waals surface area contributed by atoms with Crippen LogP contribution in [0.4, 0.5) is 0 Å². The van der Waals surface area contributed by atoms with Gasteiger partial charge in [0.05, 0.1) is 19.3 Å². The van der Waals surface area contributed by atoms with E-state index in [2.05, 4.69) is 16.6 Å². The van der Waals surface area contributed by atoms with E-state index in [4.69, 9.17) is 9.84 Å². The minimum atomic E-state index is -0.775. The number of hydrogen-bond donors (Lipinski definition) is 1. The van der Waals surface area contributed by atoms with Gasteiger partial charge in [0.1, 0.15) is 5.60 Å². The zero-order valence-corrected chi connectivity index (χ0v) is 10.5. The van der Waals surface area contributed by atoms with Gasteiger partial charge in [0.25, 0.3) is 0 Å². The number of carbonyl (C=O) groups excluding carboxylic acids is 2. The van der Waals surface area contributed by atoms with Crippen LogP contribution in [0, 0.1) is 11.8 Å². The second-order valence-electron chi connectivity index (χ2n) is 3.94. The second-order valence-corrected chi connectivity index (χ2v) is 3.94. The lowest BCUT2D eigenvalue weighted by Gasteiger charge is -2.15. The zero-order valence-electron chi connectivity index (χ0n) is 10.5. The number of aliphatic hydroxyl groups excluding tert-OH is 1. The first kappa shape index (κ1) is 14.3. The van der Waals surface area contributed by atoms with Gasteiger partial charge in [-0.2, -0.15) is 0 Å². The van der Waals surface area contributed by atoms with Crippen molar-refractivity contribution in [3.63, 3.8) is 0 Å². The Bertz CT molecular complexity index is 420. The van der Waals surface area contributed by atoms with Gasteiger partial charge in [0, 0.05) is 19.4 Å². The fraction of sp³-hybridized carbons (Fsp3) is 0.538. The quantitative estimate of drug-likeness (QED) is 0.450. The minimum Gasteiger partial charge on any atom is -0.466 e. The van der Waals surface area contributed by atoms with E-state index in [1.165, 1.54) is 20.1 Å². The normalized spacial score (nSPS) is 16.3. The molecule has 0 unspecified atom stereocenters. The Morgan fingerprint density at radius 1 is 1.44 bits per heavy atom. The minimum absolute atomic E-state index is 0.0565. The van der Waals surface area contributed by atoms with Crippen LogP contribution >= 0.6 is 0 Å². The summed E-state index contributed by atoms with van der Waals surface area (Å²) in [5.41, 5.74) is -0.347. The smallest absolute Gasteiger partial charge is 0.331 e. The van der Waals surface area contributed by atoms with E-state index < -0.39 is 17.5 Å². The van der Waals surface area contributed by atoms with Gasteiger partial charge in [-0.3, -0.25) is 4.79 Å². The first-order valence-corrected chi connectivity index (χ1v) is 5.63. The van der Waals surface area contributed by atoms with Crippen molar-refractivity contribution in [1.82, 2.24) is 0 Å². The molecule has 1 rings (SSSR count). The van der Waals surface area contributed by atoms with Gasteiger partial charge in [-0.15, -0.1) is 0 Å². The maximum absolute atomic E-state index is 11.3. The Morgan fingerprint density at radius 3 is 2.56 bits per heavy atom. The van der Waals surface area contributed by atoms with E-state index in [1.54, 1.807) is 0 Å². The van der Waals surface area contributed by atoms with Gasteiger partial charge >= 0.3 is 11.9 Å². The van der Waals surface area contributed by atoms with Crippen LogP contribution in [0.2, 0.25) is 0 Å². The molecule has 5 heteroatoms. The molecule has 0 aliphatic heterocycles. The summed E-state index contributed by atoms with van der Waals surface area (Å²) in [5, 5.41) is 8.67. The van der Waals surface area contributed by atoms with Gasteiger partial charge in [-0.05, 0) is 12.8 Å². The van der Waals surface area contributed by atoms with Crippen LogP contribution in [-0.2, 0) is 19.1 Å². The highest BCUT2D eigenvalue weighted by molar-refractivity contribution is 5.84. The third-order valence-electron chi connectivity index (χ3n) is 2.46. The average molecular weight is 252 g/mol. The van der Waals surface area contributed by atoms with E-state index in [-0.39, 0.29) is 6.61 Å². The highest BCUT2D eigenvalue weighted by Gasteiger charge is 2.49. The molecule has 0 radical (unpaired) electrons. The Balaban J connectivity index is 2.92. The van der Waals surface area contributed by atoms with Gasteiger partial charge in [-0.25, -0.2) is 4.79 Å². The molecule has 0 heterocycles. The predicted molar refractivity (Wildman–Crippen MR) is 63.3 cm³/mol. The molecule has 0 aromatic rings. The van der Waals surface area contributed by atoms with E-state index in [0.717, 1.165) is 0 Å². The van der Waals surface area contributed by atoms with Gasteiger partial charge < -0.3 is 14.6 Å². The number of ether oxygens (including phenoxy) is 2. The molecule has 1 aliphatic carbocycles. The van der Waals surface area contributed by atoms with Gasteiger partial charge in [-0.1, -0.05) is 11.8 Å². The molecule has 98 valence electrons. The van der Waals surface area contributed by atoms with Crippen LogP contribution in [0.3, 0.4) is 0 Å². The molecule has 0 atom stereocenters. The standard InChI is InChI=1S/C13H16O5/c1-10(15)18-13(6-7-13)11(5-3-4-8-14)9-12(16)17-2/h9,14H,4,6-8H2,1-2H3/b11-9+. The van der Waals surface area contributed by atoms with Crippen molar-refractivity contribution in [3.8, 4) is 11.8 Å². The molecule has 0 saturated heterocycles. The summed E-state index contributed by atoms with van der Waals surface area (Å²) >= 11 is 0. The number of rotatable bonds is 4. The number of hydrogen-bond acceptors (Lipinski definition) is 5. The van der Waals surface area contributed by atoms with E-state index >= 15 is 0 Å².